The molecule has 0 radical (unpaired) electrons. The molecule has 0 saturated heterocycles. The van der Waals surface area contributed by atoms with E-state index in [9.17, 15) is 13.2 Å². The van der Waals surface area contributed by atoms with E-state index in [1.54, 1.807) is 18.2 Å². The highest BCUT2D eigenvalue weighted by Gasteiger charge is 2.13. The van der Waals surface area contributed by atoms with Gasteiger partial charge in [-0.1, -0.05) is 57.2 Å². The fourth-order valence-electron chi connectivity index (χ4n) is 3.18. The maximum atomic E-state index is 11.9. The van der Waals surface area contributed by atoms with Gasteiger partial charge in [0.2, 0.25) is 0 Å². The van der Waals surface area contributed by atoms with E-state index in [0.717, 1.165) is 12.8 Å². The third-order valence-electron chi connectivity index (χ3n) is 5.21. The van der Waals surface area contributed by atoms with Gasteiger partial charge in [0.1, 0.15) is 6.61 Å². The molecule has 220 valence electrons. The molecule has 1 aromatic rings. The first-order valence-corrected chi connectivity index (χ1v) is 15.0. The van der Waals surface area contributed by atoms with Crippen molar-refractivity contribution in [1.29, 1.82) is 0 Å². The second-order valence-corrected chi connectivity index (χ2v) is 10.0. The number of carbonyl (C=O) groups is 1. The Kier molecular flexibility index (Phi) is 22.1. The smallest absolute Gasteiger partial charge is 0.305 e. The molecule has 0 spiro atoms. The highest BCUT2D eigenvalue weighted by atomic mass is 32.2. The molecule has 0 fully saturated rings. The Morgan fingerprint density at radius 3 is 1.58 bits per heavy atom. The highest BCUT2D eigenvalue weighted by Crippen LogP contribution is 2.11. The lowest BCUT2D eigenvalue weighted by Crippen LogP contribution is -2.15. The Balaban J connectivity index is 1.75. The van der Waals surface area contributed by atoms with Crippen molar-refractivity contribution in [1.82, 2.24) is 0 Å². The maximum Gasteiger partial charge on any atom is 0.305 e. The predicted octanol–water partition coefficient (Wildman–Crippen LogP) is 3.77. The predicted molar refractivity (Wildman–Crippen MR) is 143 cm³/mol. The molecule has 0 N–H and O–H groups in total. The Bertz CT molecular complexity index is 773. The molecule has 10 nitrogen and oxygen atoms in total. The second-order valence-electron chi connectivity index (χ2n) is 8.39. The Labute approximate surface area is 228 Å². The van der Waals surface area contributed by atoms with E-state index in [1.807, 2.05) is 0 Å². The zero-order chi connectivity index (χ0) is 27.6. The van der Waals surface area contributed by atoms with E-state index in [-0.39, 0.29) is 30.7 Å². The molecule has 1 aromatic carbocycles. The molecule has 0 aliphatic rings. The third-order valence-corrected chi connectivity index (χ3v) is 6.54. The lowest BCUT2D eigenvalue weighted by atomic mass is 10.1. The molecule has 0 heterocycles. The van der Waals surface area contributed by atoms with Crippen LogP contribution in [0.1, 0.15) is 51.9 Å². The van der Waals surface area contributed by atoms with Gasteiger partial charge in [-0.15, -0.1) is 0 Å². The fourth-order valence-corrected chi connectivity index (χ4v) is 4.09. The quantitative estimate of drug-likeness (QED) is 0.0891. The average molecular weight is 563 g/mol. The van der Waals surface area contributed by atoms with Gasteiger partial charge in [-0.2, -0.15) is 8.42 Å². The summed E-state index contributed by atoms with van der Waals surface area (Å²) in [5.41, 5.74) is 0. The van der Waals surface area contributed by atoms with E-state index in [0.29, 0.717) is 65.9 Å². The number of unbranched alkanes of at least 4 members (excludes halogenated alkanes) is 5. The van der Waals surface area contributed by atoms with Crippen LogP contribution in [0.25, 0.3) is 0 Å². The van der Waals surface area contributed by atoms with Crippen LogP contribution in [0.3, 0.4) is 0 Å². The van der Waals surface area contributed by atoms with Crippen LogP contribution in [-0.4, -0.2) is 93.7 Å². The van der Waals surface area contributed by atoms with Gasteiger partial charge < -0.3 is 28.4 Å². The summed E-state index contributed by atoms with van der Waals surface area (Å²) in [6.07, 6.45) is 7.36. The van der Waals surface area contributed by atoms with Crippen LogP contribution in [0.2, 0.25) is 0 Å². The van der Waals surface area contributed by atoms with Gasteiger partial charge in [0, 0.05) is 6.42 Å². The first-order valence-electron chi connectivity index (χ1n) is 13.5. The summed E-state index contributed by atoms with van der Waals surface area (Å²) in [5, 5.41) is 0. The molecule has 0 aromatic heterocycles. The number of benzene rings is 1. The molecular formula is C27H46O10S. The van der Waals surface area contributed by atoms with Crippen molar-refractivity contribution in [2.24, 2.45) is 0 Å². The normalized spacial score (nSPS) is 11.6. The monoisotopic (exact) mass is 562 g/mol. The molecule has 0 bridgehead atoms. The molecule has 0 saturated carbocycles. The van der Waals surface area contributed by atoms with Crippen LogP contribution in [0.4, 0.5) is 0 Å². The number of rotatable bonds is 27. The molecular weight excluding hydrogens is 516 g/mol. The minimum absolute atomic E-state index is 0.0574. The maximum absolute atomic E-state index is 11.9. The van der Waals surface area contributed by atoms with E-state index < -0.39 is 10.1 Å². The molecule has 0 aliphatic carbocycles. The third kappa shape index (κ3) is 20.4. The van der Waals surface area contributed by atoms with Crippen LogP contribution >= 0.6 is 0 Å². The first-order chi connectivity index (χ1) is 18.6. The average Bonchev–Trinajstić information content (AvgIpc) is 2.92. The summed E-state index contributed by atoms with van der Waals surface area (Å²) in [6, 6.07) is 7.97. The Hall–Kier alpha value is -1.60. The molecule has 1 rings (SSSR count). The van der Waals surface area contributed by atoms with Gasteiger partial charge in [-0.25, -0.2) is 0 Å². The molecule has 11 heteroatoms. The zero-order valence-corrected chi connectivity index (χ0v) is 23.6. The topological polar surface area (TPSA) is 116 Å². The zero-order valence-electron chi connectivity index (χ0n) is 22.8. The summed E-state index contributed by atoms with van der Waals surface area (Å²) in [7, 11) is -3.75. The molecule has 0 unspecified atom stereocenters. The Morgan fingerprint density at radius 1 is 0.605 bits per heavy atom. The summed E-state index contributed by atoms with van der Waals surface area (Å²) in [5.74, 6) is -0.157. The van der Waals surface area contributed by atoms with E-state index >= 15 is 0 Å². The number of carbonyl (C=O) groups excluding carboxylic acids is 1. The second kappa shape index (κ2) is 24.4. The van der Waals surface area contributed by atoms with Gasteiger partial charge in [-0.3, -0.25) is 8.98 Å². The molecule has 0 atom stereocenters. The summed E-state index contributed by atoms with van der Waals surface area (Å²) in [4.78, 5) is 11.7. The van der Waals surface area contributed by atoms with Crippen molar-refractivity contribution in [3.8, 4) is 0 Å². The SMILES string of the molecule is CCCCCCCCC(=O)OCCOCCOCCOCCOCCOCCOS(=O)(=O)c1ccccc1. The van der Waals surface area contributed by atoms with Gasteiger partial charge in [0.25, 0.3) is 10.1 Å². The Morgan fingerprint density at radius 2 is 1.05 bits per heavy atom. The highest BCUT2D eigenvalue weighted by molar-refractivity contribution is 7.86. The van der Waals surface area contributed by atoms with Gasteiger partial charge >= 0.3 is 5.97 Å². The number of hydrogen-bond acceptors (Lipinski definition) is 10. The standard InChI is InChI=1S/C27H46O10S/c1-2-3-4-5-6-10-13-27(28)36-24-22-34-20-18-32-16-14-31-15-17-33-19-21-35-23-25-37-38(29,30)26-11-8-7-9-12-26/h7-9,11-12H,2-6,10,13-25H2,1H3. The van der Waals surface area contributed by atoms with Crippen LogP contribution in [0.5, 0.6) is 0 Å². The van der Waals surface area contributed by atoms with Gasteiger partial charge in [-0.05, 0) is 18.6 Å². The summed E-state index contributed by atoms with van der Waals surface area (Å²) in [6.45, 7) is 6.24. The van der Waals surface area contributed by atoms with Crippen molar-refractivity contribution in [2.75, 3.05) is 79.3 Å². The molecule has 0 aliphatic heterocycles. The van der Waals surface area contributed by atoms with Crippen LogP contribution < -0.4 is 0 Å². The van der Waals surface area contributed by atoms with Crippen molar-refractivity contribution >= 4 is 16.1 Å². The van der Waals surface area contributed by atoms with E-state index in [2.05, 4.69) is 6.92 Å². The minimum Gasteiger partial charge on any atom is -0.463 e. The first kappa shape index (κ1) is 34.4. The minimum atomic E-state index is -3.75. The lowest BCUT2D eigenvalue weighted by molar-refractivity contribution is -0.145. The van der Waals surface area contributed by atoms with Crippen molar-refractivity contribution < 1.29 is 45.8 Å². The van der Waals surface area contributed by atoms with Gasteiger partial charge in [0.05, 0.1) is 77.6 Å². The van der Waals surface area contributed by atoms with Crippen LogP contribution in [0, 0.1) is 0 Å². The van der Waals surface area contributed by atoms with Crippen molar-refractivity contribution in [3.05, 3.63) is 30.3 Å². The lowest BCUT2D eigenvalue weighted by Gasteiger charge is -2.08. The summed E-state index contributed by atoms with van der Waals surface area (Å²) >= 11 is 0. The fraction of sp³-hybridized carbons (Fsp3) is 0.741. The van der Waals surface area contributed by atoms with E-state index in [1.165, 1.54) is 37.8 Å². The van der Waals surface area contributed by atoms with Crippen LogP contribution in [-0.2, 0) is 47.5 Å². The van der Waals surface area contributed by atoms with Crippen molar-refractivity contribution in [3.63, 3.8) is 0 Å². The number of hydrogen-bond donors (Lipinski definition) is 0. The van der Waals surface area contributed by atoms with Crippen LogP contribution in [0.15, 0.2) is 35.2 Å². The molecule has 0 amide bonds. The summed E-state index contributed by atoms with van der Waals surface area (Å²) < 4.78 is 60.8. The van der Waals surface area contributed by atoms with Gasteiger partial charge in [0.15, 0.2) is 0 Å². The number of esters is 1. The largest absolute Gasteiger partial charge is 0.463 e. The molecule has 38 heavy (non-hydrogen) atoms. The van der Waals surface area contributed by atoms with Crippen molar-refractivity contribution in [2.45, 2.75) is 56.8 Å². The van der Waals surface area contributed by atoms with E-state index in [4.69, 9.17) is 32.6 Å². The number of ether oxygens (including phenoxy) is 6.